The molecule has 26 heavy (non-hydrogen) atoms. The van der Waals surface area contributed by atoms with Crippen LogP contribution in [-0.4, -0.2) is 58.2 Å². The third kappa shape index (κ3) is 5.17. The Labute approximate surface area is 155 Å². The van der Waals surface area contributed by atoms with Crippen LogP contribution >= 0.6 is 0 Å². The predicted octanol–water partition coefficient (Wildman–Crippen LogP) is 1.91. The molecule has 0 spiro atoms. The lowest BCUT2D eigenvalue weighted by Gasteiger charge is -2.29. The van der Waals surface area contributed by atoms with Crippen molar-refractivity contribution < 1.29 is 0 Å². The van der Waals surface area contributed by atoms with Crippen LogP contribution in [0, 0.1) is 5.92 Å². The third-order valence-corrected chi connectivity index (χ3v) is 4.74. The molecule has 0 amide bonds. The average Bonchev–Trinajstić information content (AvgIpc) is 3.08. The van der Waals surface area contributed by atoms with Crippen molar-refractivity contribution in [2.45, 2.75) is 39.7 Å². The van der Waals surface area contributed by atoms with E-state index in [1.165, 1.54) is 32.4 Å². The standard InChI is InChI=1S/C19H31N7/c1-3-20-19(21-13-16(2)15-25-10-6-4-7-11-25)22-14-18-24-23-17-9-5-8-12-26(17)18/h5,8-9,12,16H,3-4,6-7,10-11,13-15H2,1-2H3,(H2,20,21,22). The van der Waals surface area contributed by atoms with Crippen molar-refractivity contribution in [2.75, 3.05) is 32.7 Å². The van der Waals surface area contributed by atoms with Gasteiger partial charge in [-0.3, -0.25) is 4.40 Å². The first-order valence-corrected chi connectivity index (χ1v) is 9.79. The molecule has 1 atom stereocenters. The Hall–Kier alpha value is -2.15. The second-order valence-electron chi connectivity index (χ2n) is 7.09. The predicted molar refractivity (Wildman–Crippen MR) is 105 cm³/mol. The lowest BCUT2D eigenvalue weighted by molar-refractivity contribution is 0.201. The zero-order chi connectivity index (χ0) is 18.2. The van der Waals surface area contributed by atoms with Crippen LogP contribution in [0.2, 0.25) is 0 Å². The van der Waals surface area contributed by atoms with Gasteiger partial charge < -0.3 is 15.5 Å². The number of aliphatic imine (C=N–C) groups is 1. The van der Waals surface area contributed by atoms with E-state index >= 15 is 0 Å². The molecule has 1 aliphatic rings. The minimum atomic E-state index is 0.501. The molecule has 1 unspecified atom stereocenters. The summed E-state index contributed by atoms with van der Waals surface area (Å²) in [5.74, 6) is 2.27. The molecule has 3 rings (SSSR count). The molecular weight excluding hydrogens is 326 g/mol. The Kier molecular flexibility index (Phi) is 6.82. The minimum absolute atomic E-state index is 0.501. The molecule has 1 saturated heterocycles. The summed E-state index contributed by atoms with van der Waals surface area (Å²) < 4.78 is 1.98. The number of rotatable bonds is 7. The van der Waals surface area contributed by atoms with E-state index in [-0.39, 0.29) is 0 Å². The first-order chi connectivity index (χ1) is 12.8. The molecule has 3 heterocycles. The number of aromatic nitrogens is 3. The monoisotopic (exact) mass is 357 g/mol. The van der Waals surface area contributed by atoms with Crippen LogP contribution < -0.4 is 10.6 Å². The maximum Gasteiger partial charge on any atom is 0.191 e. The highest BCUT2D eigenvalue weighted by Crippen LogP contribution is 2.10. The molecule has 1 aliphatic heterocycles. The van der Waals surface area contributed by atoms with Crippen LogP contribution in [-0.2, 0) is 6.54 Å². The van der Waals surface area contributed by atoms with Gasteiger partial charge in [-0.05, 0) is 50.9 Å². The van der Waals surface area contributed by atoms with Crippen LogP contribution in [0.1, 0.15) is 38.9 Å². The summed E-state index contributed by atoms with van der Waals surface area (Å²) in [7, 11) is 0. The van der Waals surface area contributed by atoms with Crippen molar-refractivity contribution in [3.05, 3.63) is 30.2 Å². The molecule has 7 nitrogen and oxygen atoms in total. The van der Waals surface area contributed by atoms with E-state index in [1.807, 2.05) is 28.8 Å². The van der Waals surface area contributed by atoms with Gasteiger partial charge in [0.15, 0.2) is 17.4 Å². The molecule has 7 heteroatoms. The Morgan fingerprint density at radius 2 is 2.04 bits per heavy atom. The highest BCUT2D eigenvalue weighted by atomic mass is 15.3. The van der Waals surface area contributed by atoms with E-state index < -0.39 is 0 Å². The maximum absolute atomic E-state index is 4.68. The zero-order valence-corrected chi connectivity index (χ0v) is 16.0. The number of guanidine groups is 1. The van der Waals surface area contributed by atoms with E-state index in [0.717, 1.165) is 37.1 Å². The molecule has 1 fully saturated rings. The van der Waals surface area contributed by atoms with Gasteiger partial charge in [0.1, 0.15) is 6.54 Å². The van der Waals surface area contributed by atoms with Crippen molar-refractivity contribution in [1.82, 2.24) is 30.1 Å². The fourth-order valence-corrected chi connectivity index (χ4v) is 3.41. The fraction of sp³-hybridized carbons (Fsp3) is 0.632. The average molecular weight is 358 g/mol. The largest absolute Gasteiger partial charge is 0.357 e. The van der Waals surface area contributed by atoms with Gasteiger partial charge in [0.05, 0.1) is 0 Å². The summed E-state index contributed by atoms with van der Waals surface area (Å²) in [6.07, 6.45) is 6.05. The molecule has 2 N–H and O–H groups in total. The summed E-state index contributed by atoms with van der Waals surface area (Å²) >= 11 is 0. The van der Waals surface area contributed by atoms with Gasteiger partial charge in [-0.1, -0.05) is 19.4 Å². The van der Waals surface area contributed by atoms with Crippen molar-refractivity contribution in [2.24, 2.45) is 10.9 Å². The Morgan fingerprint density at radius 3 is 2.85 bits per heavy atom. The van der Waals surface area contributed by atoms with Gasteiger partial charge in [-0.15, -0.1) is 10.2 Å². The van der Waals surface area contributed by atoms with Crippen LogP contribution in [0.4, 0.5) is 0 Å². The van der Waals surface area contributed by atoms with Gasteiger partial charge in [0, 0.05) is 25.8 Å². The van der Waals surface area contributed by atoms with Crippen LogP contribution in [0.25, 0.3) is 5.65 Å². The molecule has 0 aliphatic carbocycles. The van der Waals surface area contributed by atoms with Crippen LogP contribution in [0.15, 0.2) is 29.4 Å². The van der Waals surface area contributed by atoms with E-state index in [9.17, 15) is 0 Å². The number of pyridine rings is 1. The highest BCUT2D eigenvalue weighted by molar-refractivity contribution is 5.79. The van der Waals surface area contributed by atoms with E-state index in [2.05, 4.69) is 44.6 Å². The zero-order valence-electron chi connectivity index (χ0n) is 16.0. The number of likely N-dealkylation sites (tertiary alicyclic amines) is 1. The van der Waals surface area contributed by atoms with Gasteiger partial charge >= 0.3 is 0 Å². The van der Waals surface area contributed by atoms with Crippen molar-refractivity contribution in [1.29, 1.82) is 0 Å². The SMILES string of the molecule is CCNC(=NCc1nnc2ccccn12)NCC(C)CN1CCCCC1. The van der Waals surface area contributed by atoms with Gasteiger partial charge in [0.2, 0.25) is 0 Å². The lowest BCUT2D eigenvalue weighted by atomic mass is 10.1. The summed E-state index contributed by atoms with van der Waals surface area (Å²) in [6, 6.07) is 5.90. The normalized spacial score (nSPS) is 17.4. The van der Waals surface area contributed by atoms with Crippen molar-refractivity contribution >= 4 is 11.6 Å². The number of hydrogen-bond acceptors (Lipinski definition) is 4. The van der Waals surface area contributed by atoms with Gasteiger partial charge in [-0.25, -0.2) is 4.99 Å². The Balaban J connectivity index is 1.53. The van der Waals surface area contributed by atoms with Crippen molar-refractivity contribution in [3.8, 4) is 0 Å². The molecular formula is C19H31N7. The summed E-state index contributed by atoms with van der Waals surface area (Å²) in [5, 5.41) is 15.2. The first kappa shape index (κ1) is 18.6. The molecule has 0 aromatic carbocycles. The smallest absolute Gasteiger partial charge is 0.191 e. The Bertz CT molecular complexity index is 703. The number of piperidine rings is 1. The number of nitrogens with zero attached hydrogens (tertiary/aromatic N) is 5. The summed E-state index contributed by atoms with van der Waals surface area (Å²) in [6.45, 7) is 10.3. The summed E-state index contributed by atoms with van der Waals surface area (Å²) in [5.41, 5.74) is 0.853. The lowest BCUT2D eigenvalue weighted by Crippen LogP contribution is -2.42. The molecule has 0 radical (unpaired) electrons. The second kappa shape index (κ2) is 9.52. The molecule has 2 aromatic rings. The second-order valence-corrected chi connectivity index (χ2v) is 7.09. The van der Waals surface area contributed by atoms with Crippen LogP contribution in [0.3, 0.4) is 0 Å². The molecule has 2 aromatic heterocycles. The molecule has 142 valence electrons. The minimum Gasteiger partial charge on any atom is -0.357 e. The van der Waals surface area contributed by atoms with E-state index in [0.29, 0.717) is 12.5 Å². The van der Waals surface area contributed by atoms with E-state index in [1.54, 1.807) is 0 Å². The maximum atomic E-state index is 4.68. The van der Waals surface area contributed by atoms with Crippen molar-refractivity contribution in [3.63, 3.8) is 0 Å². The summed E-state index contributed by atoms with van der Waals surface area (Å²) in [4.78, 5) is 7.27. The van der Waals surface area contributed by atoms with Crippen LogP contribution in [0.5, 0.6) is 0 Å². The Morgan fingerprint density at radius 1 is 1.19 bits per heavy atom. The third-order valence-electron chi connectivity index (χ3n) is 4.74. The number of nitrogens with one attached hydrogen (secondary N) is 2. The fourth-order valence-electron chi connectivity index (χ4n) is 3.41. The quantitative estimate of drug-likeness (QED) is 0.585. The van der Waals surface area contributed by atoms with Gasteiger partial charge in [0.25, 0.3) is 0 Å². The van der Waals surface area contributed by atoms with E-state index in [4.69, 9.17) is 0 Å². The molecule has 0 saturated carbocycles. The van der Waals surface area contributed by atoms with Gasteiger partial charge in [-0.2, -0.15) is 0 Å². The number of fused-ring (bicyclic) bond motifs is 1. The molecule has 0 bridgehead atoms. The first-order valence-electron chi connectivity index (χ1n) is 9.79. The highest BCUT2D eigenvalue weighted by Gasteiger charge is 2.13. The number of hydrogen-bond donors (Lipinski definition) is 2. The topological polar surface area (TPSA) is 69.8 Å².